The van der Waals surface area contributed by atoms with E-state index in [2.05, 4.69) is 5.32 Å². The molecule has 222 valence electrons. The second kappa shape index (κ2) is 15.0. The molecule has 1 atom stereocenters. The Bertz CT molecular complexity index is 1520. The summed E-state index contributed by atoms with van der Waals surface area (Å²) in [7, 11) is 0. The maximum atomic E-state index is 13.1. The van der Waals surface area contributed by atoms with Crippen LogP contribution in [0, 0.1) is 5.92 Å². The van der Waals surface area contributed by atoms with Gasteiger partial charge < -0.3 is 20.1 Å². The molecule has 0 aliphatic rings. The molecule has 4 aromatic rings. The van der Waals surface area contributed by atoms with Crippen LogP contribution in [0.3, 0.4) is 0 Å². The van der Waals surface area contributed by atoms with E-state index < -0.39 is 12.0 Å². The number of anilines is 2. The predicted octanol–water partition coefficient (Wildman–Crippen LogP) is 7.14. The van der Waals surface area contributed by atoms with Crippen molar-refractivity contribution in [1.29, 1.82) is 0 Å². The molecule has 0 saturated heterocycles. The van der Waals surface area contributed by atoms with Crippen molar-refractivity contribution in [3.05, 3.63) is 125 Å². The number of carboxylic acid groups (broad SMARTS) is 1. The Hall–Kier alpha value is -4.62. The number of hydrogen-bond donors (Lipinski definition) is 2. The highest BCUT2D eigenvalue weighted by molar-refractivity contribution is 6.30. The standard InChI is InChI=1S/C35H35ClN2O5/c1-24(2)22-33(39)38(28-16-14-27(36)15-17-28)20-21-43-29-18-12-25(13-19-29)23-32(35(41)42)37-31-11-7-6-10-30(31)34(40)26-8-4-3-5-9-26/h3-19,24,32,37H,20-23H2,1-2H3,(H,41,42). The van der Waals surface area contributed by atoms with Crippen LogP contribution in [0.2, 0.25) is 5.02 Å². The third-order valence-corrected chi connectivity index (χ3v) is 7.06. The number of rotatable bonds is 14. The van der Waals surface area contributed by atoms with Gasteiger partial charge in [0.15, 0.2) is 5.78 Å². The molecule has 4 rings (SSSR count). The first-order valence-electron chi connectivity index (χ1n) is 14.2. The normalized spacial score (nSPS) is 11.5. The molecule has 0 aliphatic heterocycles. The summed E-state index contributed by atoms with van der Waals surface area (Å²) in [6.45, 7) is 4.64. The highest BCUT2D eigenvalue weighted by atomic mass is 35.5. The molecule has 8 heteroatoms. The average Bonchev–Trinajstić information content (AvgIpc) is 3.00. The van der Waals surface area contributed by atoms with Gasteiger partial charge in [0.1, 0.15) is 18.4 Å². The zero-order valence-corrected chi connectivity index (χ0v) is 25.0. The lowest BCUT2D eigenvalue weighted by Crippen LogP contribution is -2.35. The summed E-state index contributed by atoms with van der Waals surface area (Å²) in [4.78, 5) is 39.9. The highest BCUT2D eigenvalue weighted by Crippen LogP contribution is 2.23. The summed E-state index contributed by atoms with van der Waals surface area (Å²) in [5.41, 5.74) is 2.94. The highest BCUT2D eigenvalue weighted by Gasteiger charge is 2.22. The number of hydrogen-bond acceptors (Lipinski definition) is 5. The molecule has 0 aromatic heterocycles. The smallest absolute Gasteiger partial charge is 0.326 e. The molecule has 7 nitrogen and oxygen atoms in total. The van der Waals surface area contributed by atoms with Gasteiger partial charge in [-0.15, -0.1) is 0 Å². The van der Waals surface area contributed by atoms with Gasteiger partial charge in [0.25, 0.3) is 0 Å². The zero-order chi connectivity index (χ0) is 30.8. The van der Waals surface area contributed by atoms with Crippen LogP contribution in [0.1, 0.15) is 41.8 Å². The summed E-state index contributed by atoms with van der Waals surface area (Å²) >= 11 is 6.03. The Balaban J connectivity index is 1.39. The zero-order valence-electron chi connectivity index (χ0n) is 24.2. The van der Waals surface area contributed by atoms with Crippen LogP contribution < -0.4 is 15.0 Å². The number of carbonyl (C=O) groups excluding carboxylic acids is 2. The molecule has 1 unspecified atom stereocenters. The molecular formula is C35H35ClN2O5. The molecule has 0 fully saturated rings. The van der Waals surface area contributed by atoms with E-state index in [0.717, 1.165) is 11.3 Å². The number of para-hydroxylation sites is 1. The van der Waals surface area contributed by atoms with Crippen molar-refractivity contribution in [3.8, 4) is 5.75 Å². The van der Waals surface area contributed by atoms with Gasteiger partial charge >= 0.3 is 5.97 Å². The quantitative estimate of drug-likeness (QED) is 0.150. The molecule has 43 heavy (non-hydrogen) atoms. The maximum Gasteiger partial charge on any atom is 0.326 e. The lowest BCUT2D eigenvalue weighted by Gasteiger charge is -2.24. The van der Waals surface area contributed by atoms with Crippen LogP contribution in [0.25, 0.3) is 0 Å². The van der Waals surface area contributed by atoms with Gasteiger partial charge in [-0.3, -0.25) is 9.59 Å². The molecule has 0 spiro atoms. The summed E-state index contributed by atoms with van der Waals surface area (Å²) < 4.78 is 5.93. The van der Waals surface area contributed by atoms with Crippen LogP contribution in [-0.4, -0.2) is 42.0 Å². The van der Waals surface area contributed by atoms with Gasteiger partial charge in [-0.25, -0.2) is 4.79 Å². The Morgan fingerprint density at radius 3 is 2.16 bits per heavy atom. The van der Waals surface area contributed by atoms with Gasteiger partial charge in [-0.1, -0.05) is 80.0 Å². The van der Waals surface area contributed by atoms with E-state index in [4.69, 9.17) is 16.3 Å². The van der Waals surface area contributed by atoms with Crippen LogP contribution in [0.5, 0.6) is 5.75 Å². The van der Waals surface area contributed by atoms with E-state index in [1.807, 2.05) is 44.2 Å². The van der Waals surface area contributed by atoms with Crippen LogP contribution >= 0.6 is 11.6 Å². The van der Waals surface area contributed by atoms with Crippen molar-refractivity contribution in [1.82, 2.24) is 0 Å². The topological polar surface area (TPSA) is 95.9 Å². The van der Waals surface area contributed by atoms with Gasteiger partial charge in [0, 0.05) is 40.4 Å². The number of carboxylic acids is 1. The summed E-state index contributed by atoms with van der Waals surface area (Å²) in [5.74, 6) is -0.381. The van der Waals surface area contributed by atoms with Gasteiger partial charge in [-0.2, -0.15) is 0 Å². The predicted molar refractivity (Wildman–Crippen MR) is 170 cm³/mol. The summed E-state index contributed by atoms with van der Waals surface area (Å²) in [6.07, 6.45) is 0.610. The maximum absolute atomic E-state index is 13.1. The Morgan fingerprint density at radius 2 is 1.51 bits per heavy atom. The van der Waals surface area contributed by atoms with Crippen LogP contribution in [0.15, 0.2) is 103 Å². The van der Waals surface area contributed by atoms with Gasteiger partial charge in [-0.05, 0) is 60.0 Å². The largest absolute Gasteiger partial charge is 0.492 e. The number of amides is 1. The second-order valence-corrected chi connectivity index (χ2v) is 11.0. The van der Waals surface area contributed by atoms with Crippen LogP contribution in [-0.2, 0) is 16.0 Å². The minimum atomic E-state index is -1.03. The molecule has 0 saturated carbocycles. The third kappa shape index (κ3) is 8.93. The minimum Gasteiger partial charge on any atom is -0.492 e. The van der Waals surface area contributed by atoms with Crippen molar-refractivity contribution in [2.75, 3.05) is 23.4 Å². The second-order valence-electron chi connectivity index (χ2n) is 10.6. The lowest BCUT2D eigenvalue weighted by atomic mass is 10.00. The SMILES string of the molecule is CC(C)CC(=O)N(CCOc1ccc(CC(Nc2ccccc2C(=O)c2ccccc2)C(=O)O)cc1)c1ccc(Cl)cc1. The number of ether oxygens (including phenoxy) is 1. The fourth-order valence-electron chi connectivity index (χ4n) is 4.63. The molecular weight excluding hydrogens is 564 g/mol. The van der Waals surface area contributed by atoms with Crippen molar-refractivity contribution in [2.24, 2.45) is 5.92 Å². The Kier molecular flexibility index (Phi) is 10.9. The van der Waals surface area contributed by atoms with Crippen molar-refractivity contribution < 1.29 is 24.2 Å². The molecule has 2 N–H and O–H groups in total. The average molecular weight is 599 g/mol. The molecule has 0 bridgehead atoms. The fourth-order valence-corrected chi connectivity index (χ4v) is 4.76. The molecule has 0 aliphatic carbocycles. The molecule has 0 heterocycles. The Labute approximate surface area is 257 Å². The first-order chi connectivity index (χ1) is 20.7. The van der Waals surface area contributed by atoms with E-state index in [1.165, 1.54) is 0 Å². The minimum absolute atomic E-state index is 0.00975. The van der Waals surface area contributed by atoms with E-state index in [-0.39, 0.29) is 30.6 Å². The van der Waals surface area contributed by atoms with Crippen molar-refractivity contribution in [3.63, 3.8) is 0 Å². The number of nitrogens with zero attached hydrogens (tertiary/aromatic N) is 1. The van der Waals surface area contributed by atoms with Gasteiger partial charge in [0.2, 0.25) is 5.91 Å². The third-order valence-electron chi connectivity index (χ3n) is 6.80. The fraction of sp³-hybridized carbons (Fsp3) is 0.229. The van der Waals surface area contributed by atoms with Crippen LogP contribution in [0.4, 0.5) is 11.4 Å². The van der Waals surface area contributed by atoms with E-state index in [9.17, 15) is 19.5 Å². The summed E-state index contributed by atoms with van der Waals surface area (Å²) in [6, 6.07) is 29.2. The number of nitrogens with one attached hydrogen (secondary N) is 1. The first-order valence-corrected chi connectivity index (χ1v) is 14.5. The van der Waals surface area contributed by atoms with E-state index in [0.29, 0.717) is 40.6 Å². The number of carbonyl (C=O) groups is 3. The van der Waals surface area contributed by atoms with Crippen molar-refractivity contribution >= 4 is 40.6 Å². The monoisotopic (exact) mass is 598 g/mol. The lowest BCUT2D eigenvalue weighted by molar-refractivity contribution is -0.137. The number of ketones is 1. The summed E-state index contributed by atoms with van der Waals surface area (Å²) in [5, 5.41) is 13.6. The first kappa shape index (κ1) is 31.3. The molecule has 1 amide bonds. The van der Waals surface area contributed by atoms with E-state index >= 15 is 0 Å². The number of aliphatic carboxylic acids is 1. The van der Waals surface area contributed by atoms with E-state index in [1.54, 1.807) is 77.7 Å². The number of halogens is 1. The Morgan fingerprint density at radius 1 is 0.860 bits per heavy atom. The molecule has 0 radical (unpaired) electrons. The number of benzene rings is 4. The molecule has 4 aromatic carbocycles. The van der Waals surface area contributed by atoms with Crippen molar-refractivity contribution in [2.45, 2.75) is 32.7 Å². The van der Waals surface area contributed by atoms with Gasteiger partial charge in [0.05, 0.1) is 6.54 Å².